The van der Waals surface area contributed by atoms with Crippen LogP contribution in [-0.4, -0.2) is 34.7 Å². The quantitative estimate of drug-likeness (QED) is 0.562. The van der Waals surface area contributed by atoms with Gasteiger partial charge in [-0.05, 0) is 116 Å². The van der Waals surface area contributed by atoms with E-state index in [1.165, 1.54) is 57.9 Å². The lowest BCUT2D eigenvalue weighted by molar-refractivity contribution is -0.129. The van der Waals surface area contributed by atoms with E-state index in [0.717, 1.165) is 66.4 Å². The first-order valence-corrected chi connectivity index (χ1v) is 13.3. The Morgan fingerprint density at radius 3 is 2.41 bits per heavy atom. The highest BCUT2D eigenvalue weighted by Crippen LogP contribution is 2.70. The molecule has 29 heavy (non-hydrogen) atoms. The Labute approximate surface area is 179 Å². The van der Waals surface area contributed by atoms with Crippen LogP contribution in [0, 0.1) is 52.3 Å². The zero-order valence-electron chi connectivity index (χ0n) is 19.4. The van der Waals surface area contributed by atoms with Crippen LogP contribution in [0.3, 0.4) is 0 Å². The lowest BCUT2D eigenvalue weighted by Gasteiger charge is -2.61. The third kappa shape index (κ3) is 2.54. The molecule has 0 spiro atoms. The Kier molecular flexibility index (Phi) is 4.37. The predicted molar refractivity (Wildman–Crippen MR) is 118 cm³/mol. The molecule has 6 aliphatic rings. The molecule has 1 N–H and O–H groups in total. The molecule has 4 aliphatic carbocycles. The summed E-state index contributed by atoms with van der Waals surface area (Å²) in [5, 5.41) is 10.3. The molecule has 0 aromatic carbocycles. The van der Waals surface area contributed by atoms with Crippen molar-refractivity contribution < 1.29 is 5.11 Å². The van der Waals surface area contributed by atoms with Gasteiger partial charge in [0.2, 0.25) is 0 Å². The minimum Gasteiger partial charge on any atom is -0.393 e. The van der Waals surface area contributed by atoms with E-state index in [1.807, 2.05) is 0 Å². The van der Waals surface area contributed by atoms with Crippen LogP contribution in [0.1, 0.15) is 91.9 Å². The van der Waals surface area contributed by atoms with E-state index < -0.39 is 0 Å². The second kappa shape index (κ2) is 6.47. The van der Waals surface area contributed by atoms with Crippen molar-refractivity contribution in [2.45, 2.75) is 110 Å². The number of aliphatic hydroxyl groups is 1. The molecule has 11 unspecified atom stereocenters. The first-order valence-electron chi connectivity index (χ1n) is 13.3. The summed E-state index contributed by atoms with van der Waals surface area (Å²) in [6.45, 7) is 11.9. The molecule has 6 fully saturated rings. The molecule has 0 aromatic heterocycles. The maximum Gasteiger partial charge on any atom is 0.0543 e. The van der Waals surface area contributed by atoms with Gasteiger partial charge in [-0.15, -0.1) is 0 Å². The number of nitrogens with zero attached hydrogens (tertiary/aromatic N) is 1. The fraction of sp³-hybridized carbons (Fsp3) is 1.00. The van der Waals surface area contributed by atoms with E-state index in [9.17, 15) is 5.11 Å². The molecular weight excluding hydrogens is 354 g/mol. The zero-order chi connectivity index (χ0) is 20.1. The van der Waals surface area contributed by atoms with Crippen molar-refractivity contribution in [3.8, 4) is 0 Å². The molecule has 0 radical (unpaired) electrons. The van der Waals surface area contributed by atoms with Crippen molar-refractivity contribution in [3.63, 3.8) is 0 Å². The van der Waals surface area contributed by atoms with E-state index in [0.29, 0.717) is 10.8 Å². The topological polar surface area (TPSA) is 23.5 Å². The van der Waals surface area contributed by atoms with Crippen LogP contribution < -0.4 is 0 Å². The summed E-state index contributed by atoms with van der Waals surface area (Å²) < 4.78 is 0. The summed E-state index contributed by atoms with van der Waals surface area (Å²) in [6.07, 6.45) is 13.7. The maximum atomic E-state index is 10.3. The molecule has 2 aliphatic heterocycles. The molecule has 164 valence electrons. The fourth-order valence-corrected chi connectivity index (χ4v) is 11.0. The van der Waals surface area contributed by atoms with E-state index in [1.54, 1.807) is 0 Å². The van der Waals surface area contributed by atoms with Crippen molar-refractivity contribution in [2.75, 3.05) is 6.54 Å². The Morgan fingerprint density at radius 1 is 0.793 bits per heavy atom. The largest absolute Gasteiger partial charge is 0.393 e. The molecule has 2 heteroatoms. The Balaban J connectivity index is 1.30. The van der Waals surface area contributed by atoms with Crippen LogP contribution >= 0.6 is 0 Å². The molecule has 2 heterocycles. The highest BCUT2D eigenvalue weighted by Gasteiger charge is 2.66. The van der Waals surface area contributed by atoms with Gasteiger partial charge in [0.05, 0.1) is 6.10 Å². The van der Waals surface area contributed by atoms with Crippen molar-refractivity contribution in [1.29, 1.82) is 0 Å². The Morgan fingerprint density at radius 2 is 1.59 bits per heavy atom. The van der Waals surface area contributed by atoms with E-state index in [4.69, 9.17) is 0 Å². The Hall–Kier alpha value is -0.0800. The van der Waals surface area contributed by atoms with E-state index in [2.05, 4.69) is 32.6 Å². The lowest BCUT2D eigenvalue weighted by Crippen LogP contribution is -2.54. The number of aliphatic hydroxyl groups excluding tert-OH is 1. The zero-order valence-corrected chi connectivity index (χ0v) is 19.4. The summed E-state index contributed by atoms with van der Waals surface area (Å²) in [4.78, 5) is 3.03. The third-order valence-electron chi connectivity index (χ3n) is 12.3. The summed E-state index contributed by atoms with van der Waals surface area (Å²) >= 11 is 0. The van der Waals surface area contributed by atoms with Crippen LogP contribution in [0.2, 0.25) is 0 Å². The smallest absolute Gasteiger partial charge is 0.0543 e. The van der Waals surface area contributed by atoms with Gasteiger partial charge in [0.25, 0.3) is 0 Å². The molecule has 6 rings (SSSR count). The lowest BCUT2D eigenvalue weighted by atomic mass is 9.44. The summed E-state index contributed by atoms with van der Waals surface area (Å²) in [5.41, 5.74) is 1.12. The molecular formula is C27H45NO. The van der Waals surface area contributed by atoms with Gasteiger partial charge < -0.3 is 5.11 Å². The summed E-state index contributed by atoms with van der Waals surface area (Å²) in [6, 6.07) is 1.79. The minimum absolute atomic E-state index is 0.0109. The standard InChI is InChI=1S/C27H45NO/c1-16-5-8-23-17(2)25-24(28(23)15-16)14-22-20-7-6-18-13-19(29)9-11-26(18,3)21(20)10-12-27(22,25)4/h16-25,29H,5-15H2,1-4H3/t16?,17?,18?,19-,20?,21?,22?,23?,24?,25?,26?,27?/m0/s1. The normalized spacial score (nSPS) is 62.0. The Bertz CT molecular complexity index is 663. The molecule has 2 saturated heterocycles. The molecule has 0 bridgehead atoms. The highest BCUT2D eigenvalue weighted by atomic mass is 16.3. The van der Waals surface area contributed by atoms with Crippen molar-refractivity contribution in [1.82, 2.24) is 4.90 Å². The number of hydrogen-bond acceptors (Lipinski definition) is 2. The van der Waals surface area contributed by atoms with Crippen molar-refractivity contribution >= 4 is 0 Å². The average Bonchev–Trinajstić information content (AvgIpc) is 3.15. The van der Waals surface area contributed by atoms with Crippen LogP contribution in [0.5, 0.6) is 0 Å². The first kappa shape index (κ1) is 19.6. The number of piperidine rings is 1. The van der Waals surface area contributed by atoms with Gasteiger partial charge >= 0.3 is 0 Å². The third-order valence-corrected chi connectivity index (χ3v) is 12.3. The molecule has 4 saturated carbocycles. The van der Waals surface area contributed by atoms with Crippen LogP contribution in [0.25, 0.3) is 0 Å². The minimum atomic E-state index is -0.0109. The monoisotopic (exact) mass is 399 g/mol. The van der Waals surface area contributed by atoms with Crippen LogP contribution in [-0.2, 0) is 0 Å². The van der Waals surface area contributed by atoms with E-state index in [-0.39, 0.29) is 6.10 Å². The second-order valence-corrected chi connectivity index (χ2v) is 13.3. The SMILES string of the molecule is CC1CCC2C(C)C3C(CC4C5CCC6C[C@@H](O)CCC6(C)C5CCC43C)N2C1. The first-order chi connectivity index (χ1) is 13.8. The molecule has 12 atom stereocenters. The molecule has 0 aromatic rings. The van der Waals surface area contributed by atoms with Gasteiger partial charge in [-0.25, -0.2) is 0 Å². The van der Waals surface area contributed by atoms with Crippen LogP contribution in [0.4, 0.5) is 0 Å². The summed E-state index contributed by atoms with van der Waals surface area (Å²) in [5.74, 6) is 6.47. The fourth-order valence-electron chi connectivity index (χ4n) is 11.0. The van der Waals surface area contributed by atoms with Crippen molar-refractivity contribution in [3.05, 3.63) is 0 Å². The number of fused-ring (bicyclic) bond motifs is 9. The number of rotatable bonds is 0. The summed E-state index contributed by atoms with van der Waals surface area (Å²) in [7, 11) is 0. The van der Waals surface area contributed by atoms with Gasteiger partial charge in [-0.1, -0.05) is 27.7 Å². The van der Waals surface area contributed by atoms with Gasteiger partial charge in [0.1, 0.15) is 0 Å². The predicted octanol–water partition coefficient (Wildman–Crippen LogP) is 5.73. The average molecular weight is 400 g/mol. The van der Waals surface area contributed by atoms with Gasteiger partial charge in [0.15, 0.2) is 0 Å². The maximum absolute atomic E-state index is 10.3. The van der Waals surface area contributed by atoms with Crippen molar-refractivity contribution in [2.24, 2.45) is 52.3 Å². The van der Waals surface area contributed by atoms with Gasteiger partial charge in [-0.2, -0.15) is 0 Å². The van der Waals surface area contributed by atoms with Gasteiger partial charge in [0, 0.05) is 18.6 Å². The number of hydrogen-bond donors (Lipinski definition) is 1. The van der Waals surface area contributed by atoms with E-state index >= 15 is 0 Å². The highest BCUT2D eigenvalue weighted by molar-refractivity contribution is 5.17. The second-order valence-electron chi connectivity index (χ2n) is 13.3. The molecule has 2 nitrogen and oxygen atoms in total. The molecule has 0 amide bonds. The van der Waals surface area contributed by atoms with Crippen LogP contribution in [0.15, 0.2) is 0 Å². The van der Waals surface area contributed by atoms with Gasteiger partial charge in [-0.3, -0.25) is 4.90 Å².